The molecule has 0 aromatic heterocycles. The van der Waals surface area contributed by atoms with Gasteiger partial charge in [0, 0.05) is 11.7 Å². The molecule has 1 fully saturated rings. The lowest BCUT2D eigenvalue weighted by Gasteiger charge is -2.23. The van der Waals surface area contributed by atoms with E-state index in [1.165, 1.54) is 6.42 Å². The molecule has 1 saturated carbocycles. The fourth-order valence-electron chi connectivity index (χ4n) is 1.29. The third kappa shape index (κ3) is 1.63. The first-order valence-corrected chi connectivity index (χ1v) is 5.33. The molecule has 1 aliphatic carbocycles. The van der Waals surface area contributed by atoms with Gasteiger partial charge in [-0.3, -0.25) is 9.79 Å². The van der Waals surface area contributed by atoms with Crippen LogP contribution in [0.3, 0.4) is 0 Å². The monoisotopic (exact) mass is 184 g/mol. The van der Waals surface area contributed by atoms with Gasteiger partial charge >= 0.3 is 0 Å². The molecule has 0 aromatic rings. The SMILES string of the molecule is O=C(NC1=NCCS1)C1CCC1. The van der Waals surface area contributed by atoms with Crippen LogP contribution in [0.2, 0.25) is 0 Å². The van der Waals surface area contributed by atoms with Gasteiger partial charge in [0.2, 0.25) is 5.91 Å². The second-order valence-corrected chi connectivity index (χ2v) is 4.24. The standard InChI is InChI=1S/C8H12N2OS/c11-7(6-2-1-3-6)10-8-9-4-5-12-8/h6H,1-5H2,(H,9,10,11). The smallest absolute Gasteiger partial charge is 0.229 e. The number of hydrogen-bond donors (Lipinski definition) is 1. The van der Waals surface area contributed by atoms with E-state index in [-0.39, 0.29) is 11.8 Å². The predicted octanol–water partition coefficient (Wildman–Crippen LogP) is 1.01. The molecule has 4 heteroatoms. The summed E-state index contributed by atoms with van der Waals surface area (Å²) in [6.07, 6.45) is 3.32. The Hall–Kier alpha value is -0.510. The van der Waals surface area contributed by atoms with Gasteiger partial charge in [0.15, 0.2) is 5.17 Å². The van der Waals surface area contributed by atoms with Crippen LogP contribution in [0.4, 0.5) is 0 Å². The Bertz CT molecular complexity index is 223. The number of aliphatic imine (C=N–C) groups is 1. The lowest BCUT2D eigenvalue weighted by molar-refractivity contribution is -0.125. The van der Waals surface area contributed by atoms with Gasteiger partial charge in [-0.05, 0) is 12.8 Å². The average Bonchev–Trinajstić information content (AvgIpc) is 2.34. The number of hydrogen-bond acceptors (Lipinski definition) is 3. The van der Waals surface area contributed by atoms with E-state index in [1.807, 2.05) is 0 Å². The van der Waals surface area contributed by atoms with Crippen LogP contribution in [-0.4, -0.2) is 23.4 Å². The summed E-state index contributed by atoms with van der Waals surface area (Å²) in [5, 5.41) is 3.68. The molecule has 66 valence electrons. The largest absolute Gasteiger partial charge is 0.305 e. The lowest BCUT2D eigenvalue weighted by Crippen LogP contribution is -2.36. The first-order valence-electron chi connectivity index (χ1n) is 4.34. The minimum Gasteiger partial charge on any atom is -0.305 e. The zero-order chi connectivity index (χ0) is 8.39. The van der Waals surface area contributed by atoms with Gasteiger partial charge in [-0.1, -0.05) is 18.2 Å². The van der Waals surface area contributed by atoms with Crippen molar-refractivity contribution >= 4 is 22.8 Å². The molecule has 0 saturated heterocycles. The highest BCUT2D eigenvalue weighted by molar-refractivity contribution is 8.14. The van der Waals surface area contributed by atoms with Gasteiger partial charge in [-0.25, -0.2) is 0 Å². The first kappa shape index (κ1) is 8.10. The minimum absolute atomic E-state index is 0.175. The Kier molecular flexibility index (Phi) is 2.35. The molecule has 0 unspecified atom stereocenters. The van der Waals surface area contributed by atoms with Crippen molar-refractivity contribution in [3.8, 4) is 0 Å². The molecule has 0 radical (unpaired) electrons. The average molecular weight is 184 g/mol. The maximum atomic E-state index is 11.4. The summed E-state index contributed by atoms with van der Waals surface area (Å²) in [5.74, 6) is 1.46. The molecule has 2 rings (SSSR count). The molecule has 1 amide bonds. The third-order valence-electron chi connectivity index (χ3n) is 2.29. The molecule has 1 heterocycles. The Balaban J connectivity index is 1.81. The third-order valence-corrected chi connectivity index (χ3v) is 3.18. The quantitative estimate of drug-likeness (QED) is 0.660. The van der Waals surface area contributed by atoms with Crippen molar-refractivity contribution in [1.82, 2.24) is 5.32 Å². The lowest BCUT2D eigenvalue weighted by atomic mass is 9.85. The highest BCUT2D eigenvalue weighted by atomic mass is 32.2. The van der Waals surface area contributed by atoms with Crippen molar-refractivity contribution in [2.45, 2.75) is 19.3 Å². The Morgan fingerprint density at radius 2 is 2.42 bits per heavy atom. The number of amidine groups is 1. The molecule has 12 heavy (non-hydrogen) atoms. The molecule has 0 bridgehead atoms. The predicted molar refractivity (Wildman–Crippen MR) is 50.2 cm³/mol. The van der Waals surface area contributed by atoms with E-state index < -0.39 is 0 Å². The van der Waals surface area contributed by atoms with Gasteiger partial charge in [-0.15, -0.1) is 0 Å². The van der Waals surface area contributed by atoms with Crippen molar-refractivity contribution in [1.29, 1.82) is 0 Å². The highest BCUT2D eigenvalue weighted by Gasteiger charge is 2.26. The molecule has 3 nitrogen and oxygen atoms in total. The summed E-state index contributed by atoms with van der Waals surface area (Å²) < 4.78 is 0. The Morgan fingerprint density at radius 3 is 2.92 bits per heavy atom. The van der Waals surface area contributed by atoms with Gasteiger partial charge in [0.05, 0.1) is 6.54 Å². The van der Waals surface area contributed by atoms with Crippen molar-refractivity contribution < 1.29 is 4.79 Å². The van der Waals surface area contributed by atoms with E-state index in [0.717, 1.165) is 30.3 Å². The summed E-state index contributed by atoms with van der Waals surface area (Å²) >= 11 is 1.64. The maximum absolute atomic E-state index is 11.4. The molecular weight excluding hydrogens is 172 g/mol. The van der Waals surface area contributed by atoms with Crippen LogP contribution in [0.25, 0.3) is 0 Å². The summed E-state index contributed by atoms with van der Waals surface area (Å²) in [6, 6.07) is 0. The van der Waals surface area contributed by atoms with Crippen LogP contribution in [0.5, 0.6) is 0 Å². The first-order chi connectivity index (χ1) is 5.86. The van der Waals surface area contributed by atoms with E-state index in [2.05, 4.69) is 10.3 Å². The van der Waals surface area contributed by atoms with Crippen molar-refractivity contribution in [3.05, 3.63) is 0 Å². The molecular formula is C8H12N2OS. The minimum atomic E-state index is 0.175. The summed E-state index contributed by atoms with van der Waals surface area (Å²) in [5.41, 5.74) is 0. The number of thioether (sulfide) groups is 1. The van der Waals surface area contributed by atoms with Crippen molar-refractivity contribution in [2.24, 2.45) is 10.9 Å². The molecule has 0 spiro atoms. The Morgan fingerprint density at radius 1 is 1.58 bits per heavy atom. The number of carbonyl (C=O) groups excluding carboxylic acids is 1. The van der Waals surface area contributed by atoms with Crippen molar-refractivity contribution in [3.63, 3.8) is 0 Å². The van der Waals surface area contributed by atoms with Crippen LogP contribution in [0.15, 0.2) is 4.99 Å². The fourth-order valence-corrected chi connectivity index (χ4v) is 2.02. The number of nitrogens with one attached hydrogen (secondary N) is 1. The number of rotatable bonds is 1. The van der Waals surface area contributed by atoms with E-state index in [0.29, 0.717) is 0 Å². The molecule has 0 aromatic carbocycles. The van der Waals surface area contributed by atoms with Crippen LogP contribution in [0, 0.1) is 5.92 Å². The maximum Gasteiger partial charge on any atom is 0.229 e. The summed E-state index contributed by atoms with van der Waals surface area (Å²) in [4.78, 5) is 15.5. The normalized spacial score (nSPS) is 23.2. The number of carbonyl (C=O) groups is 1. The van der Waals surface area contributed by atoms with E-state index in [4.69, 9.17) is 0 Å². The van der Waals surface area contributed by atoms with Crippen molar-refractivity contribution in [2.75, 3.05) is 12.3 Å². The molecule has 0 atom stereocenters. The Labute approximate surface area is 76.0 Å². The fraction of sp³-hybridized carbons (Fsp3) is 0.750. The van der Waals surface area contributed by atoms with Gasteiger partial charge in [0.25, 0.3) is 0 Å². The van der Waals surface area contributed by atoms with Crippen LogP contribution in [-0.2, 0) is 4.79 Å². The van der Waals surface area contributed by atoms with Crippen LogP contribution >= 0.6 is 11.8 Å². The van der Waals surface area contributed by atoms with Crippen LogP contribution in [0.1, 0.15) is 19.3 Å². The summed E-state index contributed by atoms with van der Waals surface area (Å²) in [7, 11) is 0. The van der Waals surface area contributed by atoms with Crippen LogP contribution < -0.4 is 5.32 Å². The van der Waals surface area contributed by atoms with E-state index >= 15 is 0 Å². The van der Waals surface area contributed by atoms with E-state index in [9.17, 15) is 4.79 Å². The number of nitrogens with zero attached hydrogens (tertiary/aromatic N) is 1. The van der Waals surface area contributed by atoms with Gasteiger partial charge in [0.1, 0.15) is 0 Å². The van der Waals surface area contributed by atoms with E-state index in [1.54, 1.807) is 11.8 Å². The highest BCUT2D eigenvalue weighted by Crippen LogP contribution is 2.26. The molecule has 1 aliphatic heterocycles. The second kappa shape index (κ2) is 3.47. The number of amides is 1. The molecule has 1 N–H and O–H groups in total. The molecule has 2 aliphatic rings. The van der Waals surface area contributed by atoms with Gasteiger partial charge in [-0.2, -0.15) is 0 Å². The summed E-state index contributed by atoms with van der Waals surface area (Å²) in [6.45, 7) is 0.852. The second-order valence-electron chi connectivity index (χ2n) is 3.15. The topological polar surface area (TPSA) is 41.5 Å². The zero-order valence-corrected chi connectivity index (χ0v) is 7.69. The zero-order valence-electron chi connectivity index (χ0n) is 6.88. The van der Waals surface area contributed by atoms with Gasteiger partial charge < -0.3 is 5.32 Å².